The first-order chi connectivity index (χ1) is 15.8. The van der Waals surface area contributed by atoms with Crippen LogP contribution in [0.1, 0.15) is 35.8 Å². The molecule has 1 fully saturated rings. The summed E-state index contributed by atoms with van der Waals surface area (Å²) in [5.41, 5.74) is 3.70. The van der Waals surface area contributed by atoms with Crippen molar-refractivity contribution in [3.05, 3.63) is 47.7 Å². The largest absolute Gasteiger partial charge is 0.379 e. The van der Waals surface area contributed by atoms with E-state index in [0.717, 1.165) is 11.1 Å². The maximum atomic E-state index is 13.2. The highest BCUT2D eigenvalue weighted by atomic mass is 32.2. The average Bonchev–Trinajstić information content (AvgIpc) is 3.23. The van der Waals surface area contributed by atoms with Gasteiger partial charge in [0.05, 0.1) is 41.8 Å². The first kappa shape index (κ1) is 23.3. The zero-order chi connectivity index (χ0) is 23.6. The van der Waals surface area contributed by atoms with Crippen LogP contribution in [0.2, 0.25) is 0 Å². The van der Waals surface area contributed by atoms with Gasteiger partial charge in [-0.15, -0.1) is 0 Å². The van der Waals surface area contributed by atoms with Crippen molar-refractivity contribution in [1.82, 2.24) is 24.4 Å². The van der Waals surface area contributed by atoms with Crippen LogP contribution in [0.4, 0.5) is 0 Å². The number of morpholine rings is 1. The lowest BCUT2D eigenvalue weighted by Crippen LogP contribution is -2.43. The van der Waals surface area contributed by atoms with Crippen LogP contribution < -0.4 is 5.32 Å². The number of pyridine rings is 1. The van der Waals surface area contributed by atoms with Gasteiger partial charge in [0.2, 0.25) is 10.0 Å². The Bertz CT molecular complexity index is 1260. The van der Waals surface area contributed by atoms with E-state index in [2.05, 4.69) is 10.4 Å². The summed E-state index contributed by atoms with van der Waals surface area (Å²) >= 11 is 0. The van der Waals surface area contributed by atoms with Crippen molar-refractivity contribution in [2.45, 2.75) is 26.8 Å². The van der Waals surface area contributed by atoms with E-state index in [-0.39, 0.29) is 24.2 Å². The molecule has 3 aromatic rings. The van der Waals surface area contributed by atoms with Crippen LogP contribution in [0.3, 0.4) is 0 Å². The van der Waals surface area contributed by atoms with Crippen molar-refractivity contribution in [3.8, 4) is 11.3 Å². The highest BCUT2D eigenvalue weighted by Crippen LogP contribution is 2.28. The molecule has 1 amide bonds. The van der Waals surface area contributed by atoms with Crippen molar-refractivity contribution in [3.63, 3.8) is 0 Å². The van der Waals surface area contributed by atoms with E-state index in [1.54, 1.807) is 16.9 Å². The fourth-order valence-electron chi connectivity index (χ4n) is 3.92. The highest BCUT2D eigenvalue weighted by Gasteiger charge is 2.25. The SMILES string of the molecule is Cc1ccccc1-c1cc(C(=O)NCCS(=O)(=O)N2CCOCC2)c2cnn(C(C)C)c2n1. The monoisotopic (exact) mass is 471 g/mol. The van der Waals surface area contributed by atoms with Crippen LogP contribution in [0.25, 0.3) is 22.3 Å². The van der Waals surface area contributed by atoms with Gasteiger partial charge >= 0.3 is 0 Å². The van der Waals surface area contributed by atoms with Crippen molar-refractivity contribution in [1.29, 1.82) is 0 Å². The molecule has 0 unspecified atom stereocenters. The summed E-state index contributed by atoms with van der Waals surface area (Å²) in [5, 5.41) is 7.85. The van der Waals surface area contributed by atoms with Crippen LogP contribution in [0.5, 0.6) is 0 Å². The quantitative estimate of drug-likeness (QED) is 0.567. The fraction of sp³-hybridized carbons (Fsp3) is 0.435. The third kappa shape index (κ3) is 4.92. The molecule has 1 saturated heterocycles. The number of rotatable bonds is 7. The minimum absolute atomic E-state index is 0.0142. The second-order valence-corrected chi connectivity index (χ2v) is 10.5. The minimum atomic E-state index is -3.46. The Kier molecular flexibility index (Phi) is 6.78. The van der Waals surface area contributed by atoms with Crippen molar-refractivity contribution in [2.24, 2.45) is 0 Å². The van der Waals surface area contributed by atoms with Crippen LogP contribution in [-0.2, 0) is 14.8 Å². The molecule has 0 bridgehead atoms. The van der Waals surface area contributed by atoms with Crippen LogP contribution in [0.15, 0.2) is 36.5 Å². The third-order valence-corrected chi connectivity index (χ3v) is 7.60. The summed E-state index contributed by atoms with van der Waals surface area (Å²) in [4.78, 5) is 18.0. The maximum absolute atomic E-state index is 13.2. The third-order valence-electron chi connectivity index (χ3n) is 5.73. The van der Waals surface area contributed by atoms with E-state index in [9.17, 15) is 13.2 Å². The standard InChI is InChI=1S/C23H29N5O4S/c1-16(2)28-22-20(15-25-28)19(14-21(26-22)18-7-5-4-6-17(18)3)23(29)24-8-13-33(30,31)27-9-11-32-12-10-27/h4-7,14-16H,8-13H2,1-3H3,(H,24,29). The van der Waals surface area contributed by atoms with Crippen LogP contribution in [0, 0.1) is 6.92 Å². The Hall–Kier alpha value is -2.82. The second kappa shape index (κ2) is 9.58. The number of sulfonamides is 1. The van der Waals surface area contributed by atoms with E-state index in [4.69, 9.17) is 9.72 Å². The predicted molar refractivity (Wildman–Crippen MR) is 127 cm³/mol. The molecule has 0 aliphatic carbocycles. The number of aromatic nitrogens is 3. The Balaban J connectivity index is 1.62. The van der Waals surface area contributed by atoms with Gasteiger partial charge in [0.25, 0.3) is 5.91 Å². The van der Waals surface area contributed by atoms with Gasteiger partial charge in [0.15, 0.2) is 5.65 Å². The zero-order valence-corrected chi connectivity index (χ0v) is 19.9. The van der Waals surface area contributed by atoms with Gasteiger partial charge in [-0.2, -0.15) is 9.40 Å². The molecule has 1 aliphatic rings. The Morgan fingerprint density at radius 3 is 2.64 bits per heavy atom. The van der Waals surface area contributed by atoms with Gasteiger partial charge in [-0.1, -0.05) is 24.3 Å². The number of ether oxygens (including phenoxy) is 1. The minimum Gasteiger partial charge on any atom is -0.379 e. The van der Waals surface area contributed by atoms with E-state index in [1.807, 2.05) is 45.0 Å². The number of aryl methyl sites for hydroxylation is 1. The van der Waals surface area contributed by atoms with Gasteiger partial charge in [0.1, 0.15) is 0 Å². The van der Waals surface area contributed by atoms with Crippen LogP contribution >= 0.6 is 0 Å². The smallest absolute Gasteiger partial charge is 0.252 e. The molecular formula is C23H29N5O4S. The van der Waals surface area contributed by atoms with E-state index in [1.165, 1.54) is 4.31 Å². The molecule has 176 valence electrons. The molecular weight excluding hydrogens is 442 g/mol. The summed E-state index contributed by atoms with van der Waals surface area (Å²) in [5.74, 6) is -0.513. The number of hydrogen-bond acceptors (Lipinski definition) is 6. The molecule has 33 heavy (non-hydrogen) atoms. The van der Waals surface area contributed by atoms with Crippen molar-refractivity contribution >= 4 is 27.0 Å². The normalized spacial score (nSPS) is 15.3. The molecule has 2 aromatic heterocycles. The number of carbonyl (C=O) groups is 1. The number of nitrogens with zero attached hydrogens (tertiary/aromatic N) is 4. The van der Waals surface area contributed by atoms with Gasteiger partial charge in [-0.25, -0.2) is 18.1 Å². The molecule has 0 atom stereocenters. The Morgan fingerprint density at radius 1 is 1.21 bits per heavy atom. The Morgan fingerprint density at radius 2 is 1.94 bits per heavy atom. The molecule has 3 heterocycles. The summed E-state index contributed by atoms with van der Waals surface area (Å²) in [7, 11) is -3.46. The molecule has 0 spiro atoms. The summed E-state index contributed by atoms with van der Waals surface area (Å²) in [6.07, 6.45) is 1.64. The van der Waals surface area contributed by atoms with Crippen molar-refractivity contribution < 1.29 is 17.9 Å². The Labute approximate surface area is 193 Å². The molecule has 1 aliphatic heterocycles. The molecule has 10 heteroatoms. The lowest BCUT2D eigenvalue weighted by atomic mass is 10.0. The van der Waals surface area contributed by atoms with E-state index < -0.39 is 10.0 Å². The highest BCUT2D eigenvalue weighted by molar-refractivity contribution is 7.89. The van der Waals surface area contributed by atoms with Gasteiger partial charge in [0, 0.05) is 31.2 Å². The van der Waals surface area contributed by atoms with Gasteiger partial charge in [-0.05, 0) is 32.4 Å². The number of carbonyl (C=O) groups excluding carboxylic acids is 1. The molecule has 9 nitrogen and oxygen atoms in total. The number of nitrogens with one attached hydrogen (secondary N) is 1. The van der Waals surface area contributed by atoms with Gasteiger partial charge in [-0.3, -0.25) is 4.79 Å². The zero-order valence-electron chi connectivity index (χ0n) is 19.1. The number of amides is 1. The summed E-state index contributed by atoms with van der Waals surface area (Å²) < 4.78 is 33.6. The maximum Gasteiger partial charge on any atom is 0.252 e. The molecule has 1 aromatic carbocycles. The fourth-order valence-corrected chi connectivity index (χ4v) is 5.25. The average molecular weight is 472 g/mol. The lowest BCUT2D eigenvalue weighted by molar-refractivity contribution is 0.0730. The van der Waals surface area contributed by atoms with E-state index in [0.29, 0.717) is 48.6 Å². The van der Waals surface area contributed by atoms with E-state index >= 15 is 0 Å². The molecule has 0 saturated carbocycles. The number of benzene rings is 1. The summed E-state index contributed by atoms with van der Waals surface area (Å²) in [6.45, 7) is 7.49. The molecule has 4 rings (SSSR count). The molecule has 0 radical (unpaired) electrons. The first-order valence-corrected chi connectivity index (χ1v) is 12.7. The molecule has 1 N–H and O–H groups in total. The topological polar surface area (TPSA) is 106 Å². The van der Waals surface area contributed by atoms with Gasteiger partial charge < -0.3 is 10.1 Å². The second-order valence-electron chi connectivity index (χ2n) is 8.37. The number of fused-ring (bicyclic) bond motifs is 1. The first-order valence-electron chi connectivity index (χ1n) is 11.1. The summed E-state index contributed by atoms with van der Waals surface area (Å²) in [6, 6.07) is 9.68. The predicted octanol–water partition coefficient (Wildman–Crippen LogP) is 2.38. The number of hydrogen-bond donors (Lipinski definition) is 1. The van der Waals surface area contributed by atoms with Crippen LogP contribution in [-0.4, -0.2) is 72.0 Å². The van der Waals surface area contributed by atoms with Crippen molar-refractivity contribution in [2.75, 3.05) is 38.6 Å². The lowest BCUT2D eigenvalue weighted by Gasteiger charge is -2.26.